The summed E-state index contributed by atoms with van der Waals surface area (Å²) in [6, 6.07) is 5.18. The van der Waals surface area contributed by atoms with Crippen LogP contribution < -0.4 is 10.0 Å². The van der Waals surface area contributed by atoms with E-state index in [0.717, 1.165) is 4.88 Å². The molecule has 114 valence electrons. The summed E-state index contributed by atoms with van der Waals surface area (Å²) in [7, 11) is -3.58. The molecule has 0 aliphatic carbocycles. The molecule has 0 atom stereocenters. The maximum Gasteiger partial charge on any atom is 0.244 e. The van der Waals surface area contributed by atoms with Crippen LogP contribution in [0.4, 0.5) is 5.82 Å². The molecule has 2 aromatic heterocycles. The van der Waals surface area contributed by atoms with Gasteiger partial charge in [-0.25, -0.2) is 18.1 Å². The number of aromatic nitrogens is 1. The SMILES string of the molecule is CCNc1ncccc1S(=O)(=O)NCc1cc(C)c(C)s1. The highest BCUT2D eigenvalue weighted by Crippen LogP contribution is 2.22. The summed E-state index contributed by atoms with van der Waals surface area (Å²) in [5.41, 5.74) is 1.18. The highest BCUT2D eigenvalue weighted by Gasteiger charge is 2.19. The van der Waals surface area contributed by atoms with Gasteiger partial charge in [-0.1, -0.05) is 0 Å². The van der Waals surface area contributed by atoms with Crippen LogP contribution in [0.25, 0.3) is 0 Å². The molecule has 0 fully saturated rings. The van der Waals surface area contributed by atoms with Gasteiger partial charge in [0.05, 0.1) is 0 Å². The van der Waals surface area contributed by atoms with Crippen molar-refractivity contribution in [1.29, 1.82) is 0 Å². The predicted molar refractivity (Wildman–Crippen MR) is 86.2 cm³/mol. The van der Waals surface area contributed by atoms with Crippen LogP contribution in [0.1, 0.15) is 22.2 Å². The molecular weight excluding hydrogens is 306 g/mol. The van der Waals surface area contributed by atoms with Gasteiger partial charge in [-0.3, -0.25) is 0 Å². The average Bonchev–Trinajstić information content (AvgIpc) is 2.77. The van der Waals surface area contributed by atoms with Crippen LogP contribution in [0.2, 0.25) is 0 Å². The first kappa shape index (κ1) is 15.9. The molecule has 7 heteroatoms. The van der Waals surface area contributed by atoms with Crippen molar-refractivity contribution in [2.24, 2.45) is 0 Å². The third-order valence-corrected chi connectivity index (χ3v) is 5.64. The van der Waals surface area contributed by atoms with Gasteiger partial charge in [0.25, 0.3) is 0 Å². The summed E-state index contributed by atoms with van der Waals surface area (Å²) in [4.78, 5) is 6.47. The summed E-state index contributed by atoms with van der Waals surface area (Å²) in [6.07, 6.45) is 1.57. The summed E-state index contributed by atoms with van der Waals surface area (Å²) >= 11 is 1.61. The Bertz CT molecular complexity index is 704. The molecule has 0 aromatic carbocycles. The Morgan fingerprint density at radius 3 is 2.71 bits per heavy atom. The summed E-state index contributed by atoms with van der Waals surface area (Å²) in [5.74, 6) is 0.381. The minimum atomic E-state index is -3.58. The van der Waals surface area contributed by atoms with Crippen LogP contribution in [0, 0.1) is 13.8 Å². The fraction of sp³-hybridized carbons (Fsp3) is 0.357. The maximum absolute atomic E-state index is 12.4. The third-order valence-electron chi connectivity index (χ3n) is 3.06. The molecule has 2 heterocycles. The van der Waals surface area contributed by atoms with Gasteiger partial charge in [-0.2, -0.15) is 0 Å². The maximum atomic E-state index is 12.4. The molecule has 5 nitrogen and oxygen atoms in total. The Labute approximate surface area is 129 Å². The lowest BCUT2D eigenvalue weighted by Crippen LogP contribution is -2.24. The predicted octanol–water partition coefficient (Wildman–Crippen LogP) is 2.67. The smallest absolute Gasteiger partial charge is 0.244 e. The molecule has 0 unspecified atom stereocenters. The minimum Gasteiger partial charge on any atom is -0.369 e. The van der Waals surface area contributed by atoms with Crippen LogP contribution in [0.3, 0.4) is 0 Å². The lowest BCUT2D eigenvalue weighted by atomic mass is 10.3. The van der Waals surface area contributed by atoms with Crippen molar-refractivity contribution in [2.75, 3.05) is 11.9 Å². The number of nitrogens with one attached hydrogen (secondary N) is 2. The van der Waals surface area contributed by atoms with Gasteiger partial charge in [-0.15, -0.1) is 11.3 Å². The normalized spacial score (nSPS) is 11.6. The molecule has 0 bridgehead atoms. The molecule has 0 radical (unpaired) electrons. The third kappa shape index (κ3) is 3.81. The number of rotatable bonds is 6. The van der Waals surface area contributed by atoms with E-state index in [1.807, 2.05) is 26.8 Å². The monoisotopic (exact) mass is 325 g/mol. The largest absolute Gasteiger partial charge is 0.369 e. The molecule has 21 heavy (non-hydrogen) atoms. The van der Waals surface area contributed by atoms with Crippen LogP contribution in [0.5, 0.6) is 0 Å². The summed E-state index contributed by atoms with van der Waals surface area (Å²) in [6.45, 7) is 6.86. The molecule has 0 spiro atoms. The Morgan fingerprint density at radius 2 is 2.10 bits per heavy atom. The number of sulfonamides is 1. The minimum absolute atomic E-state index is 0.178. The second kappa shape index (κ2) is 6.55. The number of thiophene rings is 1. The van der Waals surface area contributed by atoms with E-state index in [1.165, 1.54) is 10.4 Å². The Balaban J connectivity index is 2.18. The Kier molecular flexibility index (Phi) is 4.97. The van der Waals surface area contributed by atoms with Crippen molar-refractivity contribution in [1.82, 2.24) is 9.71 Å². The van der Waals surface area contributed by atoms with Gasteiger partial charge in [0.1, 0.15) is 10.7 Å². The van der Waals surface area contributed by atoms with Gasteiger partial charge in [-0.05, 0) is 44.5 Å². The molecule has 0 amide bonds. The zero-order chi connectivity index (χ0) is 15.5. The van der Waals surface area contributed by atoms with Crippen molar-refractivity contribution in [3.8, 4) is 0 Å². The van der Waals surface area contributed by atoms with Crippen molar-refractivity contribution in [3.05, 3.63) is 39.7 Å². The second-order valence-electron chi connectivity index (χ2n) is 4.66. The fourth-order valence-electron chi connectivity index (χ4n) is 1.89. The van der Waals surface area contributed by atoms with E-state index < -0.39 is 10.0 Å². The first-order valence-corrected chi connectivity index (χ1v) is 8.98. The topological polar surface area (TPSA) is 71.1 Å². The number of pyridine rings is 1. The van der Waals surface area contributed by atoms with Crippen LogP contribution in [-0.2, 0) is 16.6 Å². The molecule has 0 aliphatic heterocycles. The van der Waals surface area contributed by atoms with Crippen LogP contribution in [-0.4, -0.2) is 19.9 Å². The number of hydrogen-bond donors (Lipinski definition) is 2. The van der Waals surface area contributed by atoms with E-state index in [1.54, 1.807) is 29.7 Å². The Hall–Kier alpha value is -1.44. The van der Waals surface area contributed by atoms with Crippen molar-refractivity contribution in [2.45, 2.75) is 32.2 Å². The molecule has 0 saturated carbocycles. The van der Waals surface area contributed by atoms with E-state index in [9.17, 15) is 8.42 Å². The number of aryl methyl sites for hydroxylation is 2. The van der Waals surface area contributed by atoms with E-state index in [-0.39, 0.29) is 4.90 Å². The van der Waals surface area contributed by atoms with E-state index in [0.29, 0.717) is 18.9 Å². The van der Waals surface area contributed by atoms with Crippen molar-refractivity contribution in [3.63, 3.8) is 0 Å². The molecule has 2 N–H and O–H groups in total. The van der Waals surface area contributed by atoms with Gasteiger partial charge < -0.3 is 5.32 Å². The van der Waals surface area contributed by atoms with Gasteiger partial charge in [0.15, 0.2) is 0 Å². The molecule has 2 aromatic rings. The van der Waals surface area contributed by atoms with Crippen molar-refractivity contribution < 1.29 is 8.42 Å². The summed E-state index contributed by atoms with van der Waals surface area (Å²) < 4.78 is 27.4. The van der Waals surface area contributed by atoms with Gasteiger partial charge in [0, 0.05) is 29.0 Å². The van der Waals surface area contributed by atoms with Gasteiger partial charge >= 0.3 is 0 Å². The highest BCUT2D eigenvalue weighted by molar-refractivity contribution is 7.89. The number of anilines is 1. The van der Waals surface area contributed by atoms with E-state index in [4.69, 9.17) is 0 Å². The lowest BCUT2D eigenvalue weighted by molar-refractivity contribution is 0.581. The molecular formula is C14H19N3O2S2. The average molecular weight is 325 g/mol. The molecule has 2 rings (SSSR count). The Morgan fingerprint density at radius 1 is 1.33 bits per heavy atom. The molecule has 0 aliphatic rings. The number of nitrogens with zero attached hydrogens (tertiary/aromatic N) is 1. The van der Waals surface area contributed by atoms with E-state index in [2.05, 4.69) is 15.0 Å². The fourth-order valence-corrected chi connectivity index (χ4v) is 4.11. The first-order valence-electron chi connectivity index (χ1n) is 6.68. The zero-order valence-electron chi connectivity index (χ0n) is 12.3. The van der Waals surface area contributed by atoms with Gasteiger partial charge in [0.2, 0.25) is 10.0 Å². The standard InChI is InChI=1S/C14H19N3O2S2/c1-4-15-14-13(6-5-7-16-14)21(18,19)17-9-12-8-10(2)11(3)20-12/h5-8,17H,4,9H2,1-3H3,(H,15,16). The van der Waals surface area contributed by atoms with E-state index >= 15 is 0 Å². The second-order valence-corrected chi connectivity index (χ2v) is 7.73. The molecule has 0 saturated heterocycles. The van der Waals surface area contributed by atoms with Crippen molar-refractivity contribution >= 4 is 27.2 Å². The quantitative estimate of drug-likeness (QED) is 0.856. The highest BCUT2D eigenvalue weighted by atomic mass is 32.2. The first-order chi connectivity index (χ1) is 9.94. The number of hydrogen-bond acceptors (Lipinski definition) is 5. The van der Waals surface area contributed by atoms with Crippen LogP contribution in [0.15, 0.2) is 29.3 Å². The summed E-state index contributed by atoms with van der Waals surface area (Å²) in [5, 5.41) is 2.97. The zero-order valence-corrected chi connectivity index (χ0v) is 13.9. The van der Waals surface area contributed by atoms with Crippen LogP contribution >= 0.6 is 11.3 Å². The lowest BCUT2D eigenvalue weighted by Gasteiger charge is -2.10.